The van der Waals surface area contributed by atoms with Gasteiger partial charge in [0.25, 0.3) is 17.7 Å². The molecule has 3 aromatic rings. The van der Waals surface area contributed by atoms with Crippen molar-refractivity contribution >= 4 is 35.4 Å². The largest absolute Gasteiger partial charge is 0.416 e. The molecule has 1 aliphatic heterocycles. The molecule has 0 saturated carbocycles. The Balaban J connectivity index is 1.82. The minimum Gasteiger partial charge on any atom is -0.311 e. The second kappa shape index (κ2) is 10.6. The van der Waals surface area contributed by atoms with Gasteiger partial charge in [0.15, 0.2) is 6.29 Å². The zero-order chi connectivity index (χ0) is 34.0. The van der Waals surface area contributed by atoms with Crippen LogP contribution >= 0.6 is 0 Å². The van der Waals surface area contributed by atoms with Crippen molar-refractivity contribution in [2.24, 2.45) is 0 Å². The Morgan fingerprint density at radius 3 is 1.38 bits per heavy atom. The number of aldehydes is 1. The van der Waals surface area contributed by atoms with E-state index in [4.69, 9.17) is 0 Å². The van der Waals surface area contributed by atoms with Crippen molar-refractivity contribution in [3.63, 3.8) is 0 Å². The first kappa shape index (κ1) is 33.0. The number of halogens is 12. The molecule has 0 N–H and O–H groups in total. The van der Waals surface area contributed by atoms with Gasteiger partial charge in [-0.25, -0.2) is 4.90 Å². The lowest BCUT2D eigenvalue weighted by molar-refractivity contribution is -0.144. The molecule has 45 heavy (non-hydrogen) atoms. The zero-order valence-corrected chi connectivity index (χ0v) is 21.8. The van der Waals surface area contributed by atoms with Crippen LogP contribution in [0.1, 0.15) is 63.7 Å². The lowest BCUT2D eigenvalue weighted by Crippen LogP contribution is -2.30. The topological polar surface area (TPSA) is 74.8 Å². The molecule has 0 saturated heterocycles. The Bertz CT molecular complexity index is 1690. The van der Waals surface area contributed by atoms with Crippen LogP contribution in [0.5, 0.6) is 0 Å². The quantitative estimate of drug-likeness (QED) is 0.164. The van der Waals surface area contributed by atoms with E-state index in [0.29, 0.717) is 12.1 Å². The van der Waals surface area contributed by atoms with Crippen LogP contribution in [0.4, 0.5) is 64.1 Å². The second-order valence-corrected chi connectivity index (χ2v) is 9.44. The van der Waals surface area contributed by atoms with E-state index in [9.17, 15) is 71.9 Å². The number of anilines is 2. The zero-order valence-electron chi connectivity index (χ0n) is 21.8. The Labute approximate surface area is 242 Å². The summed E-state index contributed by atoms with van der Waals surface area (Å²) < 4.78 is 160. The van der Waals surface area contributed by atoms with E-state index in [1.54, 1.807) is 0 Å². The van der Waals surface area contributed by atoms with Crippen LogP contribution in [0.15, 0.2) is 48.5 Å². The molecule has 1 heterocycles. The first-order chi connectivity index (χ1) is 20.4. The average Bonchev–Trinajstić information content (AvgIpc) is 3.17. The van der Waals surface area contributed by atoms with E-state index in [1.807, 2.05) is 0 Å². The second-order valence-electron chi connectivity index (χ2n) is 9.44. The van der Waals surface area contributed by atoms with Gasteiger partial charge in [-0.05, 0) is 48.5 Å². The van der Waals surface area contributed by atoms with Crippen LogP contribution < -0.4 is 9.80 Å². The monoisotopic (exact) mass is 656 g/mol. The molecule has 0 bridgehead atoms. The van der Waals surface area contributed by atoms with Crippen molar-refractivity contribution in [3.8, 4) is 0 Å². The molecule has 0 spiro atoms. The number of carbonyl (C=O) groups excluding carboxylic acids is 4. The van der Waals surface area contributed by atoms with Crippen LogP contribution in [0.3, 0.4) is 0 Å². The minimum atomic E-state index is -5.36. The van der Waals surface area contributed by atoms with Gasteiger partial charge in [-0.1, -0.05) is 0 Å². The number of nitrogens with zero attached hydrogens (tertiary/aromatic N) is 2. The van der Waals surface area contributed by atoms with Crippen LogP contribution in [-0.4, -0.2) is 31.1 Å². The molecule has 4 rings (SSSR count). The summed E-state index contributed by atoms with van der Waals surface area (Å²) in [4.78, 5) is 51.4. The summed E-state index contributed by atoms with van der Waals surface area (Å²) in [6.45, 7) is 0. The fourth-order valence-corrected chi connectivity index (χ4v) is 4.32. The molecule has 0 unspecified atom stereocenters. The number of imide groups is 1. The van der Waals surface area contributed by atoms with E-state index in [1.165, 1.54) is 0 Å². The molecular weight excluding hydrogens is 644 g/mol. The minimum absolute atomic E-state index is 0.0727. The normalized spacial score (nSPS) is 14.1. The first-order valence-corrected chi connectivity index (χ1v) is 11.8. The number of hydrogen-bond donors (Lipinski definition) is 0. The Morgan fingerprint density at radius 2 is 1.00 bits per heavy atom. The summed E-state index contributed by atoms with van der Waals surface area (Å²) in [5, 5.41) is 0. The number of hydrogen-bond acceptors (Lipinski definition) is 4. The Hall–Kier alpha value is -4.90. The molecule has 3 aromatic carbocycles. The van der Waals surface area contributed by atoms with Crippen molar-refractivity contribution in [3.05, 3.63) is 93.0 Å². The van der Waals surface area contributed by atoms with E-state index in [0.717, 1.165) is 7.05 Å². The predicted octanol–water partition coefficient (Wildman–Crippen LogP) is 7.65. The fourth-order valence-electron chi connectivity index (χ4n) is 4.32. The molecule has 0 aromatic heterocycles. The van der Waals surface area contributed by atoms with Crippen LogP contribution in [0.2, 0.25) is 0 Å². The Kier molecular flexibility index (Phi) is 7.79. The number of rotatable bonds is 4. The average molecular weight is 656 g/mol. The van der Waals surface area contributed by atoms with E-state index >= 15 is 0 Å². The maximum absolute atomic E-state index is 13.4. The third-order valence-corrected chi connectivity index (χ3v) is 6.51. The first-order valence-electron chi connectivity index (χ1n) is 11.8. The van der Waals surface area contributed by atoms with Gasteiger partial charge in [0.2, 0.25) is 0 Å². The van der Waals surface area contributed by atoms with Gasteiger partial charge in [-0.2, -0.15) is 52.7 Å². The molecule has 6 nitrogen and oxygen atoms in total. The molecule has 0 fully saturated rings. The highest BCUT2D eigenvalue weighted by atomic mass is 19.4. The third kappa shape index (κ3) is 6.21. The molecule has 18 heteroatoms. The van der Waals surface area contributed by atoms with Gasteiger partial charge < -0.3 is 4.90 Å². The predicted molar refractivity (Wildman–Crippen MR) is 129 cm³/mol. The van der Waals surface area contributed by atoms with Crippen molar-refractivity contribution in [2.75, 3.05) is 16.8 Å². The van der Waals surface area contributed by atoms with Gasteiger partial charge >= 0.3 is 24.7 Å². The molecule has 238 valence electrons. The summed E-state index contributed by atoms with van der Waals surface area (Å²) in [7, 11) is 0.723. The van der Waals surface area contributed by atoms with Crippen LogP contribution in [-0.2, 0) is 24.7 Å². The lowest BCUT2D eigenvalue weighted by Gasteiger charge is -2.22. The van der Waals surface area contributed by atoms with Crippen molar-refractivity contribution in [1.82, 2.24) is 0 Å². The van der Waals surface area contributed by atoms with E-state index in [2.05, 4.69) is 0 Å². The van der Waals surface area contributed by atoms with Gasteiger partial charge in [0.05, 0.1) is 44.6 Å². The van der Waals surface area contributed by atoms with E-state index < -0.39 is 98.3 Å². The highest BCUT2D eigenvalue weighted by molar-refractivity contribution is 6.35. The van der Waals surface area contributed by atoms with Gasteiger partial charge in [0, 0.05) is 18.3 Å². The van der Waals surface area contributed by atoms with Crippen molar-refractivity contribution in [2.45, 2.75) is 24.7 Å². The molecule has 1 aliphatic rings. The van der Waals surface area contributed by atoms with Gasteiger partial charge in [-0.15, -0.1) is 0 Å². The summed E-state index contributed by atoms with van der Waals surface area (Å²) in [6, 6.07) is 1.13. The van der Waals surface area contributed by atoms with Crippen molar-refractivity contribution < 1.29 is 71.9 Å². The summed E-state index contributed by atoms with van der Waals surface area (Å²) in [5.74, 6) is -4.51. The van der Waals surface area contributed by atoms with Gasteiger partial charge in [-0.3, -0.25) is 19.2 Å². The summed E-state index contributed by atoms with van der Waals surface area (Å²) in [6.07, 6.45) is -21.4. The maximum Gasteiger partial charge on any atom is 0.416 e. The number of carbonyl (C=O) groups is 4. The lowest BCUT2D eigenvalue weighted by atomic mass is 9.99. The fraction of sp³-hybridized carbons (Fsp3) is 0.185. The third-order valence-electron chi connectivity index (χ3n) is 6.51. The number of alkyl halides is 12. The SMILES string of the molecule is CN(C(=O)c1cc2c(cc1C=O)C(=O)N(c1cc(C(F)(F)F)cc(C(F)(F)F)c1)C2=O)c1cc(C(F)(F)F)cc(C(F)(F)F)c1. The molecule has 0 radical (unpaired) electrons. The number of fused-ring (bicyclic) bond motifs is 1. The van der Waals surface area contributed by atoms with Crippen molar-refractivity contribution in [1.29, 1.82) is 0 Å². The highest BCUT2D eigenvalue weighted by Crippen LogP contribution is 2.41. The smallest absolute Gasteiger partial charge is 0.311 e. The molecule has 3 amide bonds. The molecule has 0 aliphatic carbocycles. The van der Waals surface area contributed by atoms with Crippen LogP contribution in [0, 0.1) is 0 Å². The summed E-state index contributed by atoms with van der Waals surface area (Å²) in [5.41, 5.74) is -12.6. The van der Waals surface area contributed by atoms with E-state index in [-0.39, 0.29) is 52.5 Å². The molecular formula is C27H12F12N2O4. The Morgan fingerprint density at radius 1 is 0.622 bits per heavy atom. The standard InChI is InChI=1S/C27H12F12N2O4/c1-40(16-5-12(24(28,29)30)3-13(6-16)25(31,32)33)21(43)18-9-20-19(2-11(18)10-42)22(44)41(23(20)45)17-7-14(26(34,35)36)4-15(8-17)27(37,38)39/h2-10H,1H3. The van der Waals surface area contributed by atoms with Crippen LogP contribution in [0.25, 0.3) is 0 Å². The maximum atomic E-state index is 13.4. The molecule has 0 atom stereocenters. The number of amides is 3. The highest BCUT2D eigenvalue weighted by Gasteiger charge is 2.43. The summed E-state index contributed by atoms with van der Waals surface area (Å²) >= 11 is 0. The number of benzene rings is 3. The van der Waals surface area contributed by atoms with Gasteiger partial charge in [0.1, 0.15) is 0 Å².